The molecule has 5 rings (SSSR count). The van der Waals surface area contributed by atoms with Gasteiger partial charge in [0.25, 0.3) is 6.43 Å². The number of hydrogen-bond acceptors (Lipinski definition) is 6. The van der Waals surface area contributed by atoms with E-state index < -0.39 is 12.2 Å². The molecule has 0 atom stereocenters. The number of para-hydroxylation sites is 1. The van der Waals surface area contributed by atoms with Crippen LogP contribution >= 0.6 is 11.8 Å². The summed E-state index contributed by atoms with van der Waals surface area (Å²) in [6, 6.07) is 21.0. The minimum atomic E-state index is -2.77. The Morgan fingerprint density at radius 2 is 1.61 bits per heavy atom. The molecule has 0 spiro atoms. The Bertz CT molecular complexity index is 1350. The fourth-order valence-corrected chi connectivity index (χ4v) is 3.92. The molecule has 7 nitrogen and oxygen atoms in total. The van der Waals surface area contributed by atoms with Crippen molar-refractivity contribution in [2.75, 3.05) is 0 Å². The van der Waals surface area contributed by atoms with Crippen molar-refractivity contribution in [2.24, 2.45) is 0 Å². The third kappa shape index (κ3) is 3.66. The highest BCUT2D eigenvalue weighted by atomic mass is 32.2. The normalized spacial score (nSPS) is 11.5. The van der Waals surface area contributed by atoms with E-state index in [9.17, 15) is 8.78 Å². The van der Waals surface area contributed by atoms with Crippen molar-refractivity contribution >= 4 is 17.4 Å². The number of benzene rings is 2. The van der Waals surface area contributed by atoms with E-state index in [-0.39, 0.29) is 5.65 Å². The highest BCUT2D eigenvalue weighted by molar-refractivity contribution is 7.99. The van der Waals surface area contributed by atoms with E-state index in [0.29, 0.717) is 16.0 Å². The van der Waals surface area contributed by atoms with Crippen LogP contribution in [0.5, 0.6) is 0 Å². The summed E-state index contributed by atoms with van der Waals surface area (Å²) < 4.78 is 29.4. The van der Waals surface area contributed by atoms with Crippen LogP contribution in [0.3, 0.4) is 0 Å². The Labute approximate surface area is 179 Å². The SMILES string of the molecule is Cc1ccc(-c2nnc(Sc3ccc4nnc(C(F)F)n4n3)n2-c2ccccc2)cc1. The monoisotopic (exact) mass is 435 g/mol. The summed E-state index contributed by atoms with van der Waals surface area (Å²) in [7, 11) is 0. The van der Waals surface area contributed by atoms with Gasteiger partial charge >= 0.3 is 0 Å². The maximum absolute atomic E-state index is 13.2. The standard InChI is InChI=1S/C21H15F2N7S/c1-13-7-9-14(10-8-13)19-25-27-21(29(19)15-5-3-2-4-6-15)31-17-12-11-16-24-26-20(18(22)23)30(16)28-17/h2-12,18H,1H3. The van der Waals surface area contributed by atoms with Gasteiger partial charge in [0, 0.05) is 11.3 Å². The average Bonchev–Trinajstić information content (AvgIpc) is 3.39. The van der Waals surface area contributed by atoms with Crippen LogP contribution in [-0.2, 0) is 0 Å². The maximum Gasteiger partial charge on any atom is 0.299 e. The lowest BCUT2D eigenvalue weighted by Gasteiger charge is -2.10. The van der Waals surface area contributed by atoms with Crippen LogP contribution in [0.4, 0.5) is 8.78 Å². The van der Waals surface area contributed by atoms with Crippen molar-refractivity contribution in [3.63, 3.8) is 0 Å². The molecule has 0 amide bonds. The Kier molecular flexibility index (Phi) is 4.91. The van der Waals surface area contributed by atoms with Crippen LogP contribution in [0.25, 0.3) is 22.7 Å². The molecule has 5 aromatic rings. The van der Waals surface area contributed by atoms with Gasteiger partial charge in [-0.05, 0) is 43.0 Å². The number of aromatic nitrogens is 7. The third-order valence-electron chi connectivity index (χ3n) is 4.61. The summed E-state index contributed by atoms with van der Waals surface area (Å²) in [5.74, 6) is 0.176. The second-order valence-electron chi connectivity index (χ2n) is 6.75. The predicted molar refractivity (Wildman–Crippen MR) is 111 cm³/mol. The van der Waals surface area contributed by atoms with Crippen LogP contribution in [0.1, 0.15) is 17.8 Å². The van der Waals surface area contributed by atoms with E-state index in [1.807, 2.05) is 66.1 Å². The largest absolute Gasteiger partial charge is 0.299 e. The van der Waals surface area contributed by atoms with Gasteiger partial charge in [0.1, 0.15) is 5.03 Å². The van der Waals surface area contributed by atoms with E-state index in [1.54, 1.807) is 12.1 Å². The number of halogens is 2. The van der Waals surface area contributed by atoms with Gasteiger partial charge < -0.3 is 0 Å². The number of rotatable bonds is 5. The van der Waals surface area contributed by atoms with Crippen LogP contribution < -0.4 is 0 Å². The Balaban J connectivity index is 1.60. The molecule has 0 radical (unpaired) electrons. The van der Waals surface area contributed by atoms with Crippen LogP contribution in [0.15, 0.2) is 76.9 Å². The second-order valence-corrected chi connectivity index (χ2v) is 7.73. The second kappa shape index (κ2) is 7.88. The zero-order chi connectivity index (χ0) is 21.4. The van der Waals surface area contributed by atoms with E-state index in [1.165, 1.54) is 11.8 Å². The van der Waals surface area contributed by atoms with E-state index in [0.717, 1.165) is 21.3 Å². The molecule has 0 saturated heterocycles. The fraction of sp³-hybridized carbons (Fsp3) is 0.0952. The molecule has 10 heteroatoms. The molecular formula is C21H15F2N7S. The van der Waals surface area contributed by atoms with Crippen molar-refractivity contribution in [1.29, 1.82) is 0 Å². The molecular weight excluding hydrogens is 420 g/mol. The summed E-state index contributed by atoms with van der Waals surface area (Å²) in [6.07, 6.45) is -2.77. The van der Waals surface area contributed by atoms with Crippen LogP contribution in [-0.4, -0.2) is 34.6 Å². The number of alkyl halides is 2. The molecule has 2 aromatic carbocycles. The first kappa shape index (κ1) is 19.3. The molecule has 154 valence electrons. The lowest BCUT2D eigenvalue weighted by atomic mass is 10.1. The molecule has 0 saturated carbocycles. The minimum Gasteiger partial charge on any atom is -0.270 e. The van der Waals surface area contributed by atoms with Gasteiger partial charge in [0.05, 0.1) is 0 Å². The first-order chi connectivity index (χ1) is 15.1. The topological polar surface area (TPSA) is 73.8 Å². The zero-order valence-electron chi connectivity index (χ0n) is 16.2. The van der Waals surface area contributed by atoms with Crippen LogP contribution in [0.2, 0.25) is 0 Å². The number of nitrogens with zero attached hydrogens (tertiary/aromatic N) is 7. The number of aryl methyl sites for hydroxylation is 1. The summed E-state index contributed by atoms with van der Waals surface area (Å²) in [4.78, 5) is 0. The zero-order valence-corrected chi connectivity index (χ0v) is 17.0. The molecule has 31 heavy (non-hydrogen) atoms. The van der Waals surface area contributed by atoms with Crippen molar-refractivity contribution in [1.82, 2.24) is 34.6 Å². The van der Waals surface area contributed by atoms with Gasteiger partial charge in [-0.2, -0.15) is 9.61 Å². The molecule has 3 heterocycles. The smallest absolute Gasteiger partial charge is 0.270 e. The molecule has 0 N–H and O–H groups in total. The van der Waals surface area contributed by atoms with Gasteiger partial charge in [0.2, 0.25) is 11.0 Å². The first-order valence-corrected chi connectivity index (χ1v) is 10.2. The number of hydrogen-bond donors (Lipinski definition) is 0. The Morgan fingerprint density at radius 1 is 0.839 bits per heavy atom. The van der Waals surface area contributed by atoms with Gasteiger partial charge in [-0.25, -0.2) is 8.78 Å². The van der Waals surface area contributed by atoms with Crippen molar-refractivity contribution in [3.05, 3.63) is 78.1 Å². The van der Waals surface area contributed by atoms with Crippen LogP contribution in [0, 0.1) is 6.92 Å². The minimum absolute atomic E-state index is 0.254. The van der Waals surface area contributed by atoms with Gasteiger partial charge in [-0.1, -0.05) is 48.0 Å². The Hall–Kier alpha value is -3.66. The van der Waals surface area contributed by atoms with Crippen molar-refractivity contribution in [2.45, 2.75) is 23.5 Å². The highest BCUT2D eigenvalue weighted by Crippen LogP contribution is 2.32. The molecule has 0 bridgehead atoms. The first-order valence-electron chi connectivity index (χ1n) is 9.36. The van der Waals surface area contributed by atoms with Crippen molar-refractivity contribution < 1.29 is 8.78 Å². The predicted octanol–water partition coefficient (Wildman–Crippen LogP) is 4.77. The van der Waals surface area contributed by atoms with Crippen molar-refractivity contribution in [3.8, 4) is 17.1 Å². The molecule has 3 aromatic heterocycles. The average molecular weight is 435 g/mol. The van der Waals surface area contributed by atoms with Gasteiger partial charge in [-0.15, -0.1) is 20.4 Å². The van der Waals surface area contributed by atoms with E-state index >= 15 is 0 Å². The molecule has 0 aliphatic carbocycles. The van der Waals surface area contributed by atoms with E-state index in [4.69, 9.17) is 0 Å². The summed E-state index contributed by atoms with van der Waals surface area (Å²) in [5.41, 5.74) is 3.19. The molecule has 0 fully saturated rings. The molecule has 0 unspecified atom stereocenters. The fourth-order valence-electron chi connectivity index (χ4n) is 3.11. The summed E-state index contributed by atoms with van der Waals surface area (Å²) in [5, 5.41) is 21.3. The Morgan fingerprint density at radius 3 is 2.35 bits per heavy atom. The summed E-state index contributed by atoms with van der Waals surface area (Å²) >= 11 is 1.22. The maximum atomic E-state index is 13.2. The molecule has 0 aliphatic heterocycles. The third-order valence-corrected chi connectivity index (χ3v) is 5.48. The number of fused-ring (bicyclic) bond motifs is 1. The lowest BCUT2D eigenvalue weighted by Crippen LogP contribution is -2.02. The summed E-state index contributed by atoms with van der Waals surface area (Å²) in [6.45, 7) is 2.02. The lowest BCUT2D eigenvalue weighted by molar-refractivity contribution is 0.137. The highest BCUT2D eigenvalue weighted by Gasteiger charge is 2.20. The molecule has 0 aliphatic rings. The van der Waals surface area contributed by atoms with E-state index in [2.05, 4.69) is 25.5 Å². The quantitative estimate of drug-likeness (QED) is 0.396. The van der Waals surface area contributed by atoms with Gasteiger partial charge in [-0.3, -0.25) is 4.57 Å². The van der Waals surface area contributed by atoms with Gasteiger partial charge in [0.15, 0.2) is 11.5 Å².